The molecule has 37 heavy (non-hydrogen) atoms. The average molecular weight is 526 g/mol. The van der Waals surface area contributed by atoms with E-state index in [0.29, 0.717) is 52.7 Å². The molecule has 1 aromatic heterocycles. The number of ether oxygens (including phenoxy) is 2. The minimum Gasteiger partial charge on any atom is -0.493 e. The number of hydrogen-bond donors (Lipinski definition) is 3. The van der Waals surface area contributed by atoms with Crippen LogP contribution in [0.25, 0.3) is 10.9 Å². The summed E-state index contributed by atoms with van der Waals surface area (Å²) in [5.74, 6) is 0.766. The Morgan fingerprint density at radius 1 is 1.30 bits per heavy atom. The maximum absolute atomic E-state index is 13.3. The van der Waals surface area contributed by atoms with E-state index in [-0.39, 0.29) is 29.5 Å². The van der Waals surface area contributed by atoms with Gasteiger partial charge >= 0.3 is 0 Å². The van der Waals surface area contributed by atoms with E-state index in [1.807, 2.05) is 38.1 Å². The molecule has 9 nitrogen and oxygen atoms in total. The first-order chi connectivity index (χ1) is 17.7. The van der Waals surface area contributed by atoms with Crippen LogP contribution < -0.4 is 15.4 Å². The number of para-hydroxylation sites is 1. The number of carbonyl (C=O) groups excluding carboxylic acids is 1. The molecule has 2 aliphatic heterocycles. The number of halogens is 1. The lowest BCUT2D eigenvalue weighted by Gasteiger charge is -2.38. The fourth-order valence-corrected chi connectivity index (χ4v) is 5.38. The molecule has 1 saturated heterocycles. The fourth-order valence-electron chi connectivity index (χ4n) is 5.14. The predicted octanol–water partition coefficient (Wildman–Crippen LogP) is 3.63. The van der Waals surface area contributed by atoms with Gasteiger partial charge in [-0.3, -0.25) is 9.69 Å². The van der Waals surface area contributed by atoms with Gasteiger partial charge in [-0.1, -0.05) is 23.7 Å². The second kappa shape index (κ2) is 10.3. The number of methoxy groups -OCH3 is 1. The number of likely N-dealkylation sites (tertiary alicyclic amines) is 1. The molecular weight excluding hydrogens is 494 g/mol. The van der Waals surface area contributed by atoms with Crippen molar-refractivity contribution in [3.05, 3.63) is 52.5 Å². The van der Waals surface area contributed by atoms with Gasteiger partial charge in [0.1, 0.15) is 11.4 Å². The maximum Gasteiger partial charge on any atom is 0.255 e. The van der Waals surface area contributed by atoms with Gasteiger partial charge in [-0.2, -0.15) is 4.98 Å². The Morgan fingerprint density at radius 3 is 2.92 bits per heavy atom. The van der Waals surface area contributed by atoms with Gasteiger partial charge in [-0.05, 0) is 44.5 Å². The second-order valence-electron chi connectivity index (χ2n) is 10.2. The lowest BCUT2D eigenvalue weighted by atomic mass is 9.99. The summed E-state index contributed by atoms with van der Waals surface area (Å²) in [5, 5.41) is 17.7. The monoisotopic (exact) mass is 525 g/mol. The molecule has 0 unspecified atom stereocenters. The molecule has 2 atom stereocenters. The number of nitrogens with zero attached hydrogens (tertiary/aromatic N) is 3. The molecule has 2 aliphatic rings. The molecule has 0 saturated carbocycles. The number of amides is 1. The van der Waals surface area contributed by atoms with Gasteiger partial charge in [0.2, 0.25) is 11.8 Å². The normalized spacial score (nSPS) is 20.9. The number of fused-ring (bicyclic) bond motifs is 2. The molecule has 3 aromatic rings. The average Bonchev–Trinajstić information content (AvgIpc) is 3.17. The first-order valence-electron chi connectivity index (χ1n) is 12.5. The van der Waals surface area contributed by atoms with Crippen LogP contribution in [0.2, 0.25) is 5.02 Å². The van der Waals surface area contributed by atoms with Gasteiger partial charge < -0.3 is 25.2 Å². The third kappa shape index (κ3) is 5.58. The lowest BCUT2D eigenvalue weighted by molar-refractivity contribution is 0.00758. The maximum atomic E-state index is 13.3. The smallest absolute Gasteiger partial charge is 0.255 e. The largest absolute Gasteiger partial charge is 0.493 e. The van der Waals surface area contributed by atoms with Gasteiger partial charge in [0.15, 0.2) is 0 Å². The van der Waals surface area contributed by atoms with Gasteiger partial charge in [0, 0.05) is 50.3 Å². The Labute approximate surface area is 221 Å². The summed E-state index contributed by atoms with van der Waals surface area (Å²) in [5.41, 5.74) is 1.74. The highest BCUT2D eigenvalue weighted by atomic mass is 35.5. The van der Waals surface area contributed by atoms with E-state index in [0.717, 1.165) is 25.1 Å². The number of piperidine rings is 1. The number of nitrogens with one attached hydrogen (secondary N) is 2. The molecule has 196 valence electrons. The predicted molar refractivity (Wildman–Crippen MR) is 143 cm³/mol. The van der Waals surface area contributed by atoms with Crippen molar-refractivity contribution in [3.63, 3.8) is 0 Å². The van der Waals surface area contributed by atoms with Gasteiger partial charge in [-0.15, -0.1) is 0 Å². The Morgan fingerprint density at radius 2 is 2.11 bits per heavy atom. The molecule has 0 radical (unpaired) electrons. The van der Waals surface area contributed by atoms with Gasteiger partial charge in [0.05, 0.1) is 28.6 Å². The number of rotatable bonds is 7. The molecule has 0 aliphatic carbocycles. The Bertz CT molecular complexity index is 1320. The molecule has 10 heteroatoms. The minimum atomic E-state index is -0.368. The third-order valence-corrected chi connectivity index (χ3v) is 7.14. The van der Waals surface area contributed by atoms with Crippen LogP contribution >= 0.6 is 11.6 Å². The lowest BCUT2D eigenvalue weighted by Crippen LogP contribution is -2.55. The molecule has 0 bridgehead atoms. The van der Waals surface area contributed by atoms with Crippen LogP contribution in [0.3, 0.4) is 0 Å². The summed E-state index contributed by atoms with van der Waals surface area (Å²) in [4.78, 5) is 24.2. The van der Waals surface area contributed by atoms with Crippen LogP contribution in [-0.2, 0) is 11.2 Å². The summed E-state index contributed by atoms with van der Waals surface area (Å²) in [6.45, 7) is 6.82. The standard InChI is InChI=1S/C27H32ClN5O4/c1-27(2)14-16-12-17(28)13-19(23(16)37-27)25(35)30-21-8-10-33(15-22(21)36-3)11-9-29-26-31-20-7-5-4-6-18(20)24(34)32-26/h4-7,12-13,21-22H,8-11,14-15H2,1-3H3,(H,30,35)(H2,29,31,32,34)/t21-,22+/m1/s1. The number of aromatic nitrogens is 2. The number of aromatic hydroxyl groups is 1. The molecule has 3 heterocycles. The van der Waals surface area contributed by atoms with E-state index in [2.05, 4.69) is 25.5 Å². The summed E-state index contributed by atoms with van der Waals surface area (Å²) in [6.07, 6.45) is 1.29. The van der Waals surface area contributed by atoms with Crippen molar-refractivity contribution in [2.75, 3.05) is 38.6 Å². The number of benzene rings is 2. The van der Waals surface area contributed by atoms with Gasteiger partial charge in [-0.25, -0.2) is 4.98 Å². The molecule has 1 fully saturated rings. The topological polar surface area (TPSA) is 109 Å². The van der Waals surface area contributed by atoms with Crippen molar-refractivity contribution < 1.29 is 19.4 Å². The van der Waals surface area contributed by atoms with Crippen molar-refractivity contribution in [1.29, 1.82) is 0 Å². The molecule has 5 rings (SSSR count). The highest BCUT2D eigenvalue weighted by molar-refractivity contribution is 6.31. The third-order valence-electron chi connectivity index (χ3n) is 6.93. The number of carbonyl (C=O) groups is 1. The summed E-state index contributed by atoms with van der Waals surface area (Å²) in [6, 6.07) is 10.8. The highest BCUT2D eigenvalue weighted by Crippen LogP contribution is 2.39. The highest BCUT2D eigenvalue weighted by Gasteiger charge is 2.36. The van der Waals surface area contributed by atoms with Crippen LogP contribution in [0.4, 0.5) is 5.95 Å². The molecule has 3 N–H and O–H groups in total. The van der Waals surface area contributed by atoms with E-state index in [9.17, 15) is 9.90 Å². The number of anilines is 1. The first-order valence-corrected chi connectivity index (χ1v) is 12.9. The summed E-state index contributed by atoms with van der Waals surface area (Å²) >= 11 is 6.32. The van der Waals surface area contributed by atoms with Crippen molar-refractivity contribution in [2.24, 2.45) is 0 Å². The van der Waals surface area contributed by atoms with E-state index in [1.54, 1.807) is 19.2 Å². The zero-order valence-electron chi connectivity index (χ0n) is 21.3. The molecule has 1 amide bonds. The Balaban J connectivity index is 1.17. The van der Waals surface area contributed by atoms with Crippen molar-refractivity contribution in [1.82, 2.24) is 20.2 Å². The zero-order valence-corrected chi connectivity index (χ0v) is 22.0. The first kappa shape index (κ1) is 25.5. The van der Waals surface area contributed by atoms with E-state index >= 15 is 0 Å². The quantitative estimate of drug-likeness (QED) is 0.429. The van der Waals surface area contributed by atoms with Crippen molar-refractivity contribution in [3.8, 4) is 11.6 Å². The van der Waals surface area contributed by atoms with E-state index in [1.165, 1.54) is 0 Å². The second-order valence-corrected chi connectivity index (χ2v) is 10.7. The van der Waals surface area contributed by atoms with E-state index < -0.39 is 0 Å². The molecule has 2 aromatic carbocycles. The van der Waals surface area contributed by atoms with Crippen LogP contribution in [-0.4, -0.2) is 76.9 Å². The summed E-state index contributed by atoms with van der Waals surface area (Å²) in [7, 11) is 1.67. The van der Waals surface area contributed by atoms with Crippen LogP contribution in [0, 0.1) is 0 Å². The SMILES string of the molecule is CO[C@H]1CN(CCNc2nc(O)c3ccccc3n2)CC[C@H]1NC(=O)c1cc(Cl)cc2c1OC(C)(C)C2. The molecular formula is C27H32ClN5O4. The Hall–Kier alpha value is -3.14. The minimum absolute atomic E-state index is 0.0385. The zero-order chi connectivity index (χ0) is 26.2. The van der Waals surface area contributed by atoms with Crippen LogP contribution in [0.5, 0.6) is 11.6 Å². The summed E-state index contributed by atoms with van der Waals surface area (Å²) < 4.78 is 11.8. The van der Waals surface area contributed by atoms with E-state index in [4.69, 9.17) is 21.1 Å². The molecule has 0 spiro atoms. The fraction of sp³-hybridized carbons (Fsp3) is 0.444. The van der Waals surface area contributed by atoms with Crippen LogP contribution in [0.15, 0.2) is 36.4 Å². The number of hydrogen-bond acceptors (Lipinski definition) is 8. The Kier molecular flexibility index (Phi) is 7.11. The van der Waals surface area contributed by atoms with Crippen LogP contribution in [0.1, 0.15) is 36.2 Å². The van der Waals surface area contributed by atoms with Crippen molar-refractivity contribution in [2.45, 2.75) is 44.4 Å². The van der Waals surface area contributed by atoms with Crippen molar-refractivity contribution >= 4 is 34.4 Å². The van der Waals surface area contributed by atoms with Gasteiger partial charge in [0.25, 0.3) is 5.91 Å².